The van der Waals surface area contributed by atoms with Gasteiger partial charge in [-0.15, -0.1) is 0 Å². The summed E-state index contributed by atoms with van der Waals surface area (Å²) in [5.74, 6) is 1.80. The summed E-state index contributed by atoms with van der Waals surface area (Å²) in [5, 5.41) is 0. The minimum absolute atomic E-state index is 0.840. The summed E-state index contributed by atoms with van der Waals surface area (Å²) in [6, 6.07) is 8.00. The number of carbonyl (C=O) groups is 1. The third-order valence-corrected chi connectivity index (χ3v) is 4.70. The number of benzene rings is 1. The number of hydrogen-bond donors (Lipinski definition) is 0. The van der Waals surface area contributed by atoms with Crippen LogP contribution < -0.4 is 4.90 Å². The highest BCUT2D eigenvalue weighted by molar-refractivity contribution is 5.84. The zero-order valence-corrected chi connectivity index (χ0v) is 10.8. The van der Waals surface area contributed by atoms with Crippen LogP contribution in [0.5, 0.6) is 0 Å². The van der Waals surface area contributed by atoms with Crippen molar-refractivity contribution >= 4 is 12.0 Å². The van der Waals surface area contributed by atoms with Crippen molar-refractivity contribution in [2.45, 2.75) is 32.1 Å². The lowest BCUT2D eigenvalue weighted by Crippen LogP contribution is -2.42. The zero-order valence-electron chi connectivity index (χ0n) is 10.8. The van der Waals surface area contributed by atoms with Crippen LogP contribution >= 0.6 is 0 Å². The molecule has 1 heterocycles. The molecule has 96 valence electrons. The van der Waals surface area contributed by atoms with Crippen molar-refractivity contribution in [1.82, 2.24) is 0 Å². The normalized spacial score (nSPS) is 27.7. The molecule has 1 aliphatic heterocycles. The molecule has 0 radical (unpaired) electrons. The molecule has 2 nitrogen and oxygen atoms in total. The van der Waals surface area contributed by atoms with Crippen LogP contribution in [0.15, 0.2) is 24.3 Å². The Morgan fingerprint density at radius 1 is 1.06 bits per heavy atom. The number of fused-ring (bicyclic) bond motifs is 1. The molecule has 1 aromatic rings. The van der Waals surface area contributed by atoms with Gasteiger partial charge in [0.05, 0.1) is 0 Å². The Labute approximate surface area is 109 Å². The van der Waals surface area contributed by atoms with Crippen molar-refractivity contribution in [2.24, 2.45) is 11.8 Å². The molecule has 2 aliphatic rings. The first-order valence-electron chi connectivity index (χ1n) is 7.17. The Bertz CT molecular complexity index is 429. The van der Waals surface area contributed by atoms with E-state index in [1.54, 1.807) is 0 Å². The van der Waals surface area contributed by atoms with Gasteiger partial charge in [0.2, 0.25) is 0 Å². The van der Waals surface area contributed by atoms with Crippen LogP contribution in [-0.2, 0) is 0 Å². The van der Waals surface area contributed by atoms with E-state index in [-0.39, 0.29) is 0 Å². The number of anilines is 1. The van der Waals surface area contributed by atoms with Gasteiger partial charge >= 0.3 is 0 Å². The lowest BCUT2D eigenvalue weighted by molar-refractivity contribution is 0.112. The molecule has 0 aromatic heterocycles. The average Bonchev–Trinajstić information content (AvgIpc) is 2.46. The van der Waals surface area contributed by atoms with Gasteiger partial charge in [-0.3, -0.25) is 4.79 Å². The van der Waals surface area contributed by atoms with E-state index in [1.807, 2.05) is 18.2 Å². The largest absolute Gasteiger partial charge is 0.371 e. The summed E-state index contributed by atoms with van der Waals surface area (Å²) < 4.78 is 0. The number of rotatable bonds is 2. The van der Waals surface area contributed by atoms with E-state index in [1.165, 1.54) is 32.1 Å². The van der Waals surface area contributed by atoms with Crippen molar-refractivity contribution in [2.75, 3.05) is 18.0 Å². The molecule has 0 spiro atoms. The minimum atomic E-state index is 0.840. The van der Waals surface area contributed by atoms with E-state index in [0.29, 0.717) is 0 Å². The molecule has 0 amide bonds. The molecular formula is C16H21NO. The van der Waals surface area contributed by atoms with Crippen LogP contribution in [0.3, 0.4) is 0 Å². The molecular weight excluding hydrogens is 222 g/mol. The number of aldehydes is 1. The molecule has 1 saturated heterocycles. The summed E-state index contributed by atoms with van der Waals surface area (Å²) >= 11 is 0. The maximum Gasteiger partial charge on any atom is 0.152 e. The summed E-state index contributed by atoms with van der Waals surface area (Å²) in [6.07, 6.45) is 7.91. The lowest BCUT2D eigenvalue weighted by Gasteiger charge is -2.42. The fourth-order valence-corrected chi connectivity index (χ4v) is 3.69. The predicted octanol–water partition coefficient (Wildman–Crippen LogP) is 3.52. The third-order valence-electron chi connectivity index (χ3n) is 4.70. The van der Waals surface area contributed by atoms with Crippen LogP contribution in [-0.4, -0.2) is 19.4 Å². The molecule has 1 saturated carbocycles. The van der Waals surface area contributed by atoms with E-state index < -0.39 is 0 Å². The second-order valence-corrected chi connectivity index (χ2v) is 5.72. The van der Waals surface area contributed by atoms with Crippen molar-refractivity contribution in [3.05, 3.63) is 29.8 Å². The Morgan fingerprint density at radius 2 is 1.83 bits per heavy atom. The van der Waals surface area contributed by atoms with Crippen LogP contribution in [0.4, 0.5) is 5.69 Å². The zero-order chi connectivity index (χ0) is 12.4. The summed E-state index contributed by atoms with van der Waals surface area (Å²) in [4.78, 5) is 13.6. The first kappa shape index (κ1) is 11.8. The Kier molecular flexibility index (Phi) is 3.35. The molecule has 3 rings (SSSR count). The molecule has 0 bridgehead atoms. The van der Waals surface area contributed by atoms with Crippen molar-refractivity contribution < 1.29 is 4.79 Å². The first-order valence-corrected chi connectivity index (χ1v) is 7.17. The number of nitrogens with zero attached hydrogens (tertiary/aromatic N) is 1. The van der Waals surface area contributed by atoms with E-state index in [0.717, 1.165) is 42.5 Å². The van der Waals surface area contributed by atoms with Crippen molar-refractivity contribution in [3.63, 3.8) is 0 Å². The van der Waals surface area contributed by atoms with Crippen LogP contribution in [0.25, 0.3) is 0 Å². The monoisotopic (exact) mass is 243 g/mol. The molecule has 18 heavy (non-hydrogen) atoms. The molecule has 2 heteroatoms. The van der Waals surface area contributed by atoms with Gasteiger partial charge in [-0.25, -0.2) is 0 Å². The maximum atomic E-state index is 11.1. The van der Waals surface area contributed by atoms with E-state index in [4.69, 9.17) is 0 Å². The van der Waals surface area contributed by atoms with Gasteiger partial charge in [-0.05, 0) is 36.8 Å². The Balaban J connectivity index is 1.79. The third kappa shape index (κ3) is 2.16. The minimum Gasteiger partial charge on any atom is -0.371 e. The van der Waals surface area contributed by atoms with Crippen LogP contribution in [0.2, 0.25) is 0 Å². The summed E-state index contributed by atoms with van der Waals surface area (Å²) in [6.45, 7) is 2.27. The molecule has 1 aliphatic carbocycles. The van der Waals surface area contributed by atoms with Crippen LogP contribution in [0, 0.1) is 11.8 Å². The van der Waals surface area contributed by atoms with E-state index in [2.05, 4.69) is 11.0 Å². The second kappa shape index (κ2) is 5.13. The Hall–Kier alpha value is -1.31. The van der Waals surface area contributed by atoms with Crippen molar-refractivity contribution in [3.8, 4) is 0 Å². The molecule has 1 aromatic carbocycles. The first-order chi connectivity index (χ1) is 8.88. The van der Waals surface area contributed by atoms with Gasteiger partial charge in [-0.2, -0.15) is 0 Å². The van der Waals surface area contributed by atoms with Gasteiger partial charge in [0.1, 0.15) is 0 Å². The predicted molar refractivity (Wildman–Crippen MR) is 74.1 cm³/mol. The number of piperidine rings is 1. The van der Waals surface area contributed by atoms with E-state index >= 15 is 0 Å². The summed E-state index contributed by atoms with van der Waals surface area (Å²) in [5.41, 5.74) is 1.98. The molecule has 0 N–H and O–H groups in total. The van der Waals surface area contributed by atoms with Crippen molar-refractivity contribution in [1.29, 1.82) is 0 Å². The number of hydrogen-bond acceptors (Lipinski definition) is 2. The lowest BCUT2D eigenvalue weighted by atomic mass is 9.75. The van der Waals surface area contributed by atoms with Gasteiger partial charge in [0.25, 0.3) is 0 Å². The average molecular weight is 243 g/mol. The molecule has 2 fully saturated rings. The maximum absolute atomic E-state index is 11.1. The standard InChI is InChI=1S/C16H21NO/c18-12-15-7-3-4-8-16(15)17-10-9-13-5-1-2-6-14(13)11-17/h3-4,7-8,12-14H,1-2,5-6,9-11H2/t13-,14+/m0/s1. The highest BCUT2D eigenvalue weighted by Gasteiger charge is 2.31. The van der Waals surface area contributed by atoms with Gasteiger partial charge < -0.3 is 4.90 Å². The molecule has 0 unspecified atom stereocenters. The highest BCUT2D eigenvalue weighted by atomic mass is 16.1. The number of para-hydroxylation sites is 1. The van der Waals surface area contributed by atoms with Gasteiger partial charge in [-0.1, -0.05) is 31.4 Å². The Morgan fingerprint density at radius 3 is 2.67 bits per heavy atom. The van der Waals surface area contributed by atoms with Gasteiger partial charge in [0, 0.05) is 24.3 Å². The fraction of sp³-hybridized carbons (Fsp3) is 0.562. The smallest absolute Gasteiger partial charge is 0.152 e. The highest BCUT2D eigenvalue weighted by Crippen LogP contribution is 2.37. The fourth-order valence-electron chi connectivity index (χ4n) is 3.69. The van der Waals surface area contributed by atoms with E-state index in [9.17, 15) is 4.79 Å². The topological polar surface area (TPSA) is 20.3 Å². The second-order valence-electron chi connectivity index (χ2n) is 5.72. The number of carbonyl (C=O) groups excluding carboxylic acids is 1. The van der Waals surface area contributed by atoms with Crippen LogP contribution in [0.1, 0.15) is 42.5 Å². The SMILES string of the molecule is O=Cc1ccccc1N1CC[C@@H]2CCCC[C@@H]2C1. The van der Waals surface area contributed by atoms with Gasteiger partial charge in [0.15, 0.2) is 6.29 Å². The summed E-state index contributed by atoms with van der Waals surface area (Å²) in [7, 11) is 0. The molecule has 2 atom stereocenters. The quantitative estimate of drug-likeness (QED) is 0.741.